The minimum atomic E-state index is -3.04. The van der Waals surface area contributed by atoms with Gasteiger partial charge in [0.05, 0.1) is 23.6 Å². The molecule has 1 amide bonds. The van der Waals surface area contributed by atoms with Crippen molar-refractivity contribution in [3.63, 3.8) is 0 Å². The van der Waals surface area contributed by atoms with Gasteiger partial charge in [-0.2, -0.15) is 0 Å². The lowest BCUT2D eigenvalue weighted by atomic mass is 9.54. The first-order valence-electron chi connectivity index (χ1n) is 13.4. The van der Waals surface area contributed by atoms with Gasteiger partial charge in [-0.15, -0.1) is 0 Å². The third-order valence-corrected chi connectivity index (χ3v) is 8.92. The van der Waals surface area contributed by atoms with E-state index in [9.17, 15) is 39.9 Å². The van der Waals surface area contributed by atoms with Crippen LogP contribution in [0.25, 0.3) is 28.0 Å². The monoisotopic (exact) mass is 568 g/mol. The molecule has 0 aliphatic heterocycles. The van der Waals surface area contributed by atoms with Crippen molar-refractivity contribution in [2.24, 2.45) is 23.3 Å². The molecular formula is C32H28N2O8. The molecule has 214 valence electrons. The normalized spacial score (nSPS) is 28.7. The molecule has 0 bridgehead atoms. The number of hydrogen-bond acceptors (Lipinski definition) is 9. The summed E-state index contributed by atoms with van der Waals surface area (Å²) >= 11 is 0. The van der Waals surface area contributed by atoms with Crippen LogP contribution in [0.3, 0.4) is 0 Å². The second-order valence-electron chi connectivity index (χ2n) is 11.0. The quantitative estimate of drug-likeness (QED) is 0.231. The van der Waals surface area contributed by atoms with E-state index in [1.807, 2.05) is 36.4 Å². The van der Waals surface area contributed by atoms with Crippen LogP contribution in [0.4, 0.5) is 0 Å². The molecule has 0 unspecified atom stereocenters. The Labute approximate surface area is 239 Å². The van der Waals surface area contributed by atoms with Crippen molar-refractivity contribution in [1.82, 2.24) is 0 Å². The van der Waals surface area contributed by atoms with Crippen molar-refractivity contribution in [2.75, 3.05) is 0 Å². The molecule has 3 aliphatic rings. The van der Waals surface area contributed by atoms with Gasteiger partial charge in [0, 0.05) is 17.1 Å². The smallest absolute Gasteiger partial charge is 0.255 e. The number of aromatic hydroxyl groups is 1. The van der Waals surface area contributed by atoms with Crippen LogP contribution < -0.4 is 11.5 Å². The minimum Gasteiger partial charge on any atom is -0.508 e. The van der Waals surface area contributed by atoms with E-state index in [1.165, 1.54) is 0 Å². The van der Waals surface area contributed by atoms with E-state index in [4.69, 9.17) is 11.5 Å². The van der Waals surface area contributed by atoms with Gasteiger partial charge in [-0.25, -0.2) is 0 Å². The highest BCUT2D eigenvalue weighted by atomic mass is 16.4. The number of carbonyl (C=O) groups is 3. The molecule has 1 saturated carbocycles. The van der Waals surface area contributed by atoms with E-state index in [0.717, 1.165) is 5.56 Å². The van der Waals surface area contributed by atoms with E-state index < -0.39 is 75.6 Å². The van der Waals surface area contributed by atoms with E-state index in [2.05, 4.69) is 0 Å². The number of ketones is 2. The van der Waals surface area contributed by atoms with E-state index >= 15 is 0 Å². The lowest BCUT2D eigenvalue weighted by Crippen LogP contribution is -2.70. The van der Waals surface area contributed by atoms with Gasteiger partial charge in [0.1, 0.15) is 22.8 Å². The topological polar surface area (TPSA) is 204 Å². The van der Waals surface area contributed by atoms with Crippen molar-refractivity contribution in [1.29, 1.82) is 0 Å². The van der Waals surface area contributed by atoms with Crippen LogP contribution in [0.1, 0.15) is 24.0 Å². The fraction of sp³-hybridized carbons (Fsp3) is 0.219. The Bertz CT molecular complexity index is 1750. The summed E-state index contributed by atoms with van der Waals surface area (Å²) in [5, 5.41) is 57.6. The first-order valence-corrected chi connectivity index (χ1v) is 13.4. The number of aliphatic hydroxyl groups is 4. The number of aliphatic hydroxyl groups excluding tert-OH is 3. The van der Waals surface area contributed by atoms with Gasteiger partial charge in [-0.1, -0.05) is 67.6 Å². The van der Waals surface area contributed by atoms with E-state index in [1.54, 1.807) is 37.3 Å². The Hall–Kier alpha value is -4.77. The third-order valence-electron chi connectivity index (χ3n) is 8.92. The fourth-order valence-electron chi connectivity index (χ4n) is 6.98. The van der Waals surface area contributed by atoms with Gasteiger partial charge < -0.3 is 37.0 Å². The first kappa shape index (κ1) is 27.4. The van der Waals surface area contributed by atoms with Gasteiger partial charge in [0.2, 0.25) is 5.78 Å². The van der Waals surface area contributed by atoms with Gasteiger partial charge in [-0.05, 0) is 34.2 Å². The maximum atomic E-state index is 14.1. The molecule has 0 radical (unpaired) electrons. The number of fused-ring (bicyclic) bond motifs is 3. The number of rotatable bonds is 3. The van der Waals surface area contributed by atoms with Crippen molar-refractivity contribution in [2.45, 2.75) is 30.6 Å². The highest BCUT2D eigenvalue weighted by Gasteiger charge is 2.67. The zero-order valence-electron chi connectivity index (χ0n) is 22.4. The fourth-order valence-corrected chi connectivity index (χ4v) is 6.98. The second kappa shape index (κ2) is 9.38. The molecule has 6 atom stereocenters. The van der Waals surface area contributed by atoms with Crippen LogP contribution in [0.2, 0.25) is 0 Å². The Morgan fingerprint density at radius 1 is 0.905 bits per heavy atom. The van der Waals surface area contributed by atoms with Crippen LogP contribution in [-0.4, -0.2) is 60.8 Å². The Morgan fingerprint density at radius 2 is 1.45 bits per heavy atom. The Kier molecular flexibility index (Phi) is 6.12. The molecule has 0 spiro atoms. The van der Waals surface area contributed by atoms with Crippen LogP contribution in [0.15, 0.2) is 83.6 Å². The predicted molar refractivity (Wildman–Crippen MR) is 152 cm³/mol. The number of nitrogens with two attached hydrogens (primary N) is 2. The number of amides is 1. The highest BCUT2D eigenvalue weighted by Crippen LogP contribution is 2.58. The summed E-state index contributed by atoms with van der Waals surface area (Å²) in [5.41, 5.74) is 9.48. The number of phenolic OH excluding ortho intramolecular Hbond substituents is 1. The molecule has 10 heteroatoms. The second-order valence-corrected chi connectivity index (χ2v) is 11.0. The van der Waals surface area contributed by atoms with Gasteiger partial charge in [0.15, 0.2) is 11.4 Å². The molecule has 0 heterocycles. The molecule has 0 aromatic heterocycles. The van der Waals surface area contributed by atoms with Crippen molar-refractivity contribution >= 4 is 23.2 Å². The van der Waals surface area contributed by atoms with E-state index in [0.29, 0.717) is 22.3 Å². The molecule has 0 saturated heterocycles. The number of benzene rings is 3. The van der Waals surface area contributed by atoms with Crippen LogP contribution in [0.5, 0.6) is 5.75 Å². The molecule has 1 fully saturated rings. The Balaban J connectivity index is 1.69. The average molecular weight is 569 g/mol. The predicted octanol–water partition coefficient (Wildman–Crippen LogP) is 2.23. The molecule has 9 N–H and O–H groups in total. The zero-order valence-corrected chi connectivity index (χ0v) is 22.4. The van der Waals surface area contributed by atoms with Crippen LogP contribution in [0, 0.1) is 11.8 Å². The summed E-state index contributed by atoms with van der Waals surface area (Å²) < 4.78 is 0. The number of Topliss-reactive ketones (excluding diaryl/α,β-unsaturated/α-hetero) is 2. The molecule has 3 aliphatic carbocycles. The number of primary amides is 1. The summed E-state index contributed by atoms with van der Waals surface area (Å²) in [5.74, 6) is -9.93. The first-order chi connectivity index (χ1) is 19.9. The summed E-state index contributed by atoms with van der Waals surface area (Å²) in [6.45, 7) is 1.69. The van der Waals surface area contributed by atoms with Crippen LogP contribution >= 0.6 is 0 Å². The molecular weight excluding hydrogens is 540 g/mol. The molecule has 6 rings (SSSR count). The summed E-state index contributed by atoms with van der Waals surface area (Å²) in [4.78, 5) is 39.0. The van der Waals surface area contributed by atoms with E-state index in [-0.39, 0.29) is 11.3 Å². The third kappa shape index (κ3) is 3.46. The van der Waals surface area contributed by atoms with Crippen molar-refractivity contribution in [3.8, 4) is 28.0 Å². The maximum Gasteiger partial charge on any atom is 0.255 e. The zero-order chi connectivity index (χ0) is 30.2. The van der Waals surface area contributed by atoms with Crippen molar-refractivity contribution < 1.29 is 39.9 Å². The Morgan fingerprint density at radius 3 is 2.00 bits per heavy atom. The minimum absolute atomic E-state index is 0.0775. The van der Waals surface area contributed by atoms with Gasteiger partial charge >= 0.3 is 0 Å². The molecule has 3 aromatic carbocycles. The molecule has 42 heavy (non-hydrogen) atoms. The number of hydrogen-bond donors (Lipinski definition) is 7. The molecule has 3 aromatic rings. The summed E-state index contributed by atoms with van der Waals surface area (Å²) in [6, 6.07) is 18.1. The largest absolute Gasteiger partial charge is 0.508 e. The summed E-state index contributed by atoms with van der Waals surface area (Å²) in [6.07, 6.45) is -1.75. The SMILES string of the molecule is C[C@H]1c2c(-c3ccccc3)cc(-c3ccccc3)c(O)c2C(O)=C2C(=O)[C@]3(O)C(O)=C(C(N)=O)C(=O)[C@@H](N)[C@@H]3[C@@H](O)[C@@H]21. The number of phenols is 1. The highest BCUT2D eigenvalue weighted by molar-refractivity contribution is 6.24. The van der Waals surface area contributed by atoms with Gasteiger partial charge in [-0.3, -0.25) is 14.4 Å². The summed E-state index contributed by atoms with van der Waals surface area (Å²) in [7, 11) is 0. The standard InChI is InChI=1S/C32H28N2O8/c1-13-18-16(14-8-4-2-5-9-14)12-17(15-10-6-3-7-11-15)25(35)20(18)26(36)21-19(13)27(37)23-24(33)28(38)22(31(34)41)30(40)32(23,42)29(21)39/h2-13,19,23-24,27,35-37,40,42H,33H2,1H3,(H2,34,41)/t13-,19+,23+,24-,27-,32-/m0/s1. The maximum absolute atomic E-state index is 14.1. The lowest BCUT2D eigenvalue weighted by molar-refractivity contribution is -0.163. The lowest BCUT2D eigenvalue weighted by Gasteiger charge is -2.52. The number of carbonyl (C=O) groups excluding carboxylic acids is 3. The average Bonchev–Trinajstić information content (AvgIpc) is 2.97. The van der Waals surface area contributed by atoms with Gasteiger partial charge in [0.25, 0.3) is 5.91 Å². The molecule has 10 nitrogen and oxygen atoms in total. The van der Waals surface area contributed by atoms with Crippen LogP contribution in [-0.2, 0) is 14.4 Å². The van der Waals surface area contributed by atoms with Crippen molar-refractivity contribution in [3.05, 3.63) is 94.8 Å².